The number of hydrogen-bond donors (Lipinski definition) is 1. The monoisotopic (exact) mass is 470 g/mol. The predicted octanol–water partition coefficient (Wildman–Crippen LogP) is 5.30. The average molecular weight is 470 g/mol. The van der Waals surface area contributed by atoms with Gasteiger partial charge in [-0.2, -0.15) is 18.3 Å². The number of nitrogens with zero attached hydrogens (tertiary/aromatic N) is 3. The zero-order valence-electron chi connectivity index (χ0n) is 18.8. The van der Waals surface area contributed by atoms with Crippen LogP contribution in [-0.2, 0) is 6.18 Å². The molecule has 0 saturated heterocycles. The third-order valence-corrected chi connectivity index (χ3v) is 5.48. The predicted molar refractivity (Wildman–Crippen MR) is 120 cm³/mol. The molecule has 0 bridgehead atoms. The zero-order valence-corrected chi connectivity index (χ0v) is 18.8. The minimum atomic E-state index is -4.74. The van der Waals surface area contributed by atoms with E-state index in [1.54, 1.807) is 24.3 Å². The molecule has 34 heavy (non-hydrogen) atoms. The highest BCUT2D eigenvalue weighted by Gasteiger charge is 2.35. The molecule has 2 heterocycles. The minimum absolute atomic E-state index is 0.0437. The molecule has 0 radical (unpaired) electrons. The van der Waals surface area contributed by atoms with Crippen LogP contribution in [-0.4, -0.2) is 34.7 Å². The first-order valence-corrected chi connectivity index (χ1v) is 10.2. The van der Waals surface area contributed by atoms with Gasteiger partial charge in [0.1, 0.15) is 0 Å². The van der Waals surface area contributed by atoms with Crippen LogP contribution in [0.4, 0.5) is 18.9 Å². The van der Waals surface area contributed by atoms with Gasteiger partial charge in [-0.1, -0.05) is 12.1 Å². The highest BCUT2D eigenvalue weighted by molar-refractivity contribution is 6.04. The molecule has 0 atom stereocenters. The molecule has 0 spiro atoms. The number of fused-ring (bicyclic) bond motifs is 1. The summed E-state index contributed by atoms with van der Waals surface area (Å²) in [6.07, 6.45) is -4.74. The molecule has 0 aliphatic carbocycles. The third-order valence-electron chi connectivity index (χ3n) is 5.48. The number of aromatic nitrogens is 3. The summed E-state index contributed by atoms with van der Waals surface area (Å²) in [7, 11) is 2.89. The summed E-state index contributed by atoms with van der Waals surface area (Å²) in [5.41, 5.74) is 1.42. The molecular formula is C24H21F3N4O3. The number of methoxy groups -OCH3 is 2. The number of carbonyl (C=O) groups is 1. The van der Waals surface area contributed by atoms with E-state index in [9.17, 15) is 18.0 Å². The lowest BCUT2D eigenvalue weighted by Gasteiger charge is -2.12. The molecule has 0 unspecified atom stereocenters. The summed E-state index contributed by atoms with van der Waals surface area (Å²) in [6.45, 7) is 3.73. The number of anilines is 1. The third kappa shape index (κ3) is 4.26. The minimum Gasteiger partial charge on any atom is -0.493 e. The second-order valence-corrected chi connectivity index (χ2v) is 7.60. The van der Waals surface area contributed by atoms with Gasteiger partial charge in [0.05, 0.1) is 19.9 Å². The van der Waals surface area contributed by atoms with Crippen molar-refractivity contribution in [2.24, 2.45) is 0 Å². The number of benzene rings is 2. The smallest absolute Gasteiger partial charge is 0.433 e. The fourth-order valence-corrected chi connectivity index (χ4v) is 3.50. The Balaban J connectivity index is 1.80. The Kier molecular flexibility index (Phi) is 5.90. The number of halogens is 3. The summed E-state index contributed by atoms with van der Waals surface area (Å²) in [4.78, 5) is 17.1. The number of nitrogens with one attached hydrogen (secondary N) is 1. The van der Waals surface area contributed by atoms with Crippen molar-refractivity contribution in [1.82, 2.24) is 14.6 Å². The van der Waals surface area contributed by atoms with Gasteiger partial charge >= 0.3 is 6.18 Å². The van der Waals surface area contributed by atoms with Gasteiger partial charge in [-0.3, -0.25) is 4.79 Å². The van der Waals surface area contributed by atoms with Crippen molar-refractivity contribution in [2.75, 3.05) is 19.5 Å². The maximum Gasteiger partial charge on any atom is 0.433 e. The highest BCUT2D eigenvalue weighted by Crippen LogP contribution is 2.35. The SMILES string of the molecule is COc1ccc(-c2cc(C(F)(F)F)n3nc(C(=O)Nc4cccc(C)c4C)cc3n2)cc1OC. The first kappa shape index (κ1) is 23.1. The number of ether oxygens (including phenoxy) is 2. The van der Waals surface area contributed by atoms with Gasteiger partial charge in [-0.05, 0) is 55.3 Å². The van der Waals surface area contributed by atoms with Crippen LogP contribution in [0.1, 0.15) is 27.3 Å². The van der Waals surface area contributed by atoms with Crippen molar-refractivity contribution < 1.29 is 27.4 Å². The second kappa shape index (κ2) is 8.69. The fraction of sp³-hybridized carbons (Fsp3) is 0.208. The van der Waals surface area contributed by atoms with Gasteiger partial charge in [-0.15, -0.1) is 0 Å². The standard InChI is InChI=1S/C24H21F3N4O3/c1-13-6-5-7-16(14(13)2)29-23(32)18-12-22-28-17(11-21(24(25,26)27)31(22)30-18)15-8-9-19(33-3)20(10-15)34-4/h5-12H,1-4H3,(H,29,32). The maximum atomic E-state index is 13.9. The molecular weight excluding hydrogens is 449 g/mol. The molecule has 4 rings (SSSR count). The van der Waals surface area contributed by atoms with E-state index in [0.29, 0.717) is 27.3 Å². The van der Waals surface area contributed by atoms with E-state index in [0.717, 1.165) is 17.2 Å². The molecule has 4 aromatic rings. The molecule has 0 aliphatic heterocycles. The number of amides is 1. The fourth-order valence-electron chi connectivity index (χ4n) is 3.50. The van der Waals surface area contributed by atoms with Crippen molar-refractivity contribution in [1.29, 1.82) is 0 Å². The van der Waals surface area contributed by atoms with Crippen LogP contribution in [0, 0.1) is 13.8 Å². The van der Waals surface area contributed by atoms with Crippen LogP contribution in [0.15, 0.2) is 48.5 Å². The van der Waals surface area contributed by atoms with E-state index in [-0.39, 0.29) is 17.0 Å². The normalized spacial score (nSPS) is 11.5. The Morgan fingerprint density at radius 3 is 2.41 bits per heavy atom. The van der Waals surface area contributed by atoms with Gasteiger partial charge in [0, 0.05) is 17.3 Å². The van der Waals surface area contributed by atoms with Crippen LogP contribution in [0.5, 0.6) is 11.5 Å². The number of alkyl halides is 3. The van der Waals surface area contributed by atoms with E-state index in [1.165, 1.54) is 26.4 Å². The number of carbonyl (C=O) groups excluding carboxylic acids is 1. The first-order chi connectivity index (χ1) is 16.1. The molecule has 10 heteroatoms. The Morgan fingerprint density at radius 2 is 1.74 bits per heavy atom. The largest absolute Gasteiger partial charge is 0.493 e. The summed E-state index contributed by atoms with van der Waals surface area (Å²) >= 11 is 0. The van der Waals surface area contributed by atoms with Gasteiger partial charge in [0.2, 0.25) is 0 Å². The number of aryl methyl sites for hydroxylation is 1. The highest BCUT2D eigenvalue weighted by atomic mass is 19.4. The summed E-state index contributed by atoms with van der Waals surface area (Å²) < 4.78 is 52.8. The van der Waals surface area contributed by atoms with Gasteiger partial charge < -0.3 is 14.8 Å². The molecule has 2 aromatic carbocycles. The molecule has 1 amide bonds. The van der Waals surface area contributed by atoms with Gasteiger partial charge in [0.15, 0.2) is 28.5 Å². The number of rotatable bonds is 5. The average Bonchev–Trinajstić information content (AvgIpc) is 3.24. The molecule has 1 N–H and O–H groups in total. The quantitative estimate of drug-likeness (QED) is 0.428. The second-order valence-electron chi connectivity index (χ2n) is 7.60. The van der Waals surface area contributed by atoms with Crippen molar-refractivity contribution in [3.8, 4) is 22.8 Å². The van der Waals surface area contributed by atoms with E-state index >= 15 is 0 Å². The van der Waals surface area contributed by atoms with Crippen LogP contribution < -0.4 is 14.8 Å². The first-order valence-electron chi connectivity index (χ1n) is 10.2. The summed E-state index contributed by atoms with van der Waals surface area (Å²) in [5, 5.41) is 6.61. The molecule has 2 aromatic heterocycles. The summed E-state index contributed by atoms with van der Waals surface area (Å²) in [6, 6.07) is 12.2. The van der Waals surface area contributed by atoms with Crippen LogP contribution >= 0.6 is 0 Å². The Hall–Kier alpha value is -4.08. The zero-order chi connectivity index (χ0) is 24.6. The van der Waals surface area contributed by atoms with Crippen molar-refractivity contribution >= 4 is 17.2 Å². The van der Waals surface area contributed by atoms with E-state index in [1.807, 2.05) is 19.9 Å². The Morgan fingerprint density at radius 1 is 1.00 bits per heavy atom. The number of hydrogen-bond acceptors (Lipinski definition) is 5. The van der Waals surface area contributed by atoms with Gasteiger partial charge in [-0.25, -0.2) is 9.50 Å². The maximum absolute atomic E-state index is 13.9. The molecule has 0 fully saturated rings. The lowest BCUT2D eigenvalue weighted by atomic mass is 10.1. The van der Waals surface area contributed by atoms with Crippen molar-refractivity contribution in [2.45, 2.75) is 20.0 Å². The van der Waals surface area contributed by atoms with E-state index in [2.05, 4.69) is 15.4 Å². The van der Waals surface area contributed by atoms with Crippen LogP contribution in [0.3, 0.4) is 0 Å². The molecule has 176 valence electrons. The van der Waals surface area contributed by atoms with Crippen molar-refractivity contribution in [3.63, 3.8) is 0 Å². The lowest BCUT2D eigenvalue weighted by Crippen LogP contribution is -2.16. The summed E-state index contributed by atoms with van der Waals surface area (Å²) in [5.74, 6) is 0.135. The molecule has 7 nitrogen and oxygen atoms in total. The van der Waals surface area contributed by atoms with E-state index < -0.39 is 17.8 Å². The van der Waals surface area contributed by atoms with Crippen LogP contribution in [0.2, 0.25) is 0 Å². The Bertz CT molecular complexity index is 1400. The molecule has 0 aliphatic rings. The van der Waals surface area contributed by atoms with E-state index in [4.69, 9.17) is 9.47 Å². The lowest BCUT2D eigenvalue weighted by molar-refractivity contribution is -0.142. The van der Waals surface area contributed by atoms with Crippen LogP contribution in [0.25, 0.3) is 16.9 Å². The topological polar surface area (TPSA) is 77.8 Å². The van der Waals surface area contributed by atoms with Crippen molar-refractivity contribution in [3.05, 3.63) is 71.0 Å². The van der Waals surface area contributed by atoms with Gasteiger partial charge in [0.25, 0.3) is 5.91 Å². The molecule has 0 saturated carbocycles. The Labute approximate surface area is 193 Å².